The summed E-state index contributed by atoms with van der Waals surface area (Å²) in [5, 5.41) is 4.09. The second-order valence-corrected chi connectivity index (χ2v) is 11.6. The van der Waals surface area contributed by atoms with Crippen LogP contribution in [0.25, 0.3) is 6.08 Å². The van der Waals surface area contributed by atoms with E-state index in [9.17, 15) is 9.59 Å². The second-order valence-electron chi connectivity index (χ2n) is 11.6. The molecule has 224 valence electrons. The molecular formula is C31H45N5O5. The number of rotatable bonds is 12. The van der Waals surface area contributed by atoms with Gasteiger partial charge in [0.05, 0.1) is 19.8 Å². The first-order valence-electron chi connectivity index (χ1n) is 14.6. The number of nitrogens with zero attached hydrogens (tertiary/aromatic N) is 5. The zero-order chi connectivity index (χ0) is 29.4. The Morgan fingerprint density at radius 2 is 1.80 bits per heavy atom. The number of benzene rings is 1. The van der Waals surface area contributed by atoms with Gasteiger partial charge in [0.2, 0.25) is 11.8 Å². The molecule has 10 heteroatoms. The monoisotopic (exact) mass is 567 g/mol. The lowest BCUT2D eigenvalue weighted by molar-refractivity contribution is -0.134. The number of anilines is 3. The van der Waals surface area contributed by atoms with Crippen LogP contribution in [0.3, 0.4) is 0 Å². The molecule has 0 bridgehead atoms. The summed E-state index contributed by atoms with van der Waals surface area (Å²) in [6.07, 6.45) is 7.35. The van der Waals surface area contributed by atoms with Crippen LogP contribution in [0.15, 0.2) is 40.9 Å². The van der Waals surface area contributed by atoms with E-state index in [1.54, 1.807) is 11.0 Å². The van der Waals surface area contributed by atoms with E-state index in [1.165, 1.54) is 30.6 Å². The van der Waals surface area contributed by atoms with E-state index in [2.05, 4.69) is 48.9 Å². The van der Waals surface area contributed by atoms with Crippen molar-refractivity contribution in [1.82, 2.24) is 10.1 Å². The Kier molecular flexibility index (Phi) is 10.8. The van der Waals surface area contributed by atoms with Gasteiger partial charge in [0, 0.05) is 69.7 Å². The molecule has 1 unspecified atom stereocenters. The van der Waals surface area contributed by atoms with Gasteiger partial charge in [0.25, 0.3) is 0 Å². The number of amides is 1. The van der Waals surface area contributed by atoms with E-state index in [1.807, 2.05) is 28.2 Å². The maximum Gasteiger partial charge on any atom is 0.330 e. The number of ether oxygens (including phenoxy) is 2. The van der Waals surface area contributed by atoms with Gasteiger partial charge in [-0.3, -0.25) is 9.69 Å². The van der Waals surface area contributed by atoms with Crippen LogP contribution >= 0.6 is 0 Å². The zero-order valence-electron chi connectivity index (χ0n) is 25.1. The highest BCUT2D eigenvalue weighted by molar-refractivity contribution is 5.94. The van der Waals surface area contributed by atoms with Crippen LogP contribution in [0.1, 0.15) is 37.8 Å². The van der Waals surface area contributed by atoms with Crippen LogP contribution in [0.2, 0.25) is 0 Å². The van der Waals surface area contributed by atoms with Gasteiger partial charge in [-0.2, -0.15) is 0 Å². The number of hydrogen-bond acceptors (Lipinski definition) is 9. The highest BCUT2D eigenvalue weighted by Crippen LogP contribution is 2.32. The fraction of sp³-hybridized carbons (Fsp3) is 0.581. The van der Waals surface area contributed by atoms with Gasteiger partial charge in [0.15, 0.2) is 0 Å². The summed E-state index contributed by atoms with van der Waals surface area (Å²) in [7, 11) is 9.48. The molecule has 1 aromatic carbocycles. The average Bonchev–Trinajstić information content (AvgIpc) is 3.64. The van der Waals surface area contributed by atoms with Crippen molar-refractivity contribution in [3.63, 3.8) is 0 Å². The summed E-state index contributed by atoms with van der Waals surface area (Å²) in [4.78, 5) is 33.9. The fourth-order valence-corrected chi connectivity index (χ4v) is 5.53. The van der Waals surface area contributed by atoms with E-state index in [0.29, 0.717) is 24.7 Å². The minimum Gasteiger partial charge on any atom is -0.466 e. The van der Waals surface area contributed by atoms with E-state index in [0.717, 1.165) is 51.7 Å². The summed E-state index contributed by atoms with van der Waals surface area (Å²) in [6.45, 7) is 3.95. The van der Waals surface area contributed by atoms with Crippen molar-refractivity contribution in [2.24, 2.45) is 11.8 Å². The molecule has 4 rings (SSSR count). The molecule has 1 saturated heterocycles. The maximum absolute atomic E-state index is 14.0. The van der Waals surface area contributed by atoms with Gasteiger partial charge < -0.3 is 28.7 Å². The van der Waals surface area contributed by atoms with Crippen LogP contribution < -0.4 is 14.7 Å². The van der Waals surface area contributed by atoms with E-state index >= 15 is 0 Å². The van der Waals surface area contributed by atoms with Gasteiger partial charge in [-0.05, 0) is 82.5 Å². The van der Waals surface area contributed by atoms with Crippen molar-refractivity contribution in [3.05, 3.63) is 42.1 Å². The van der Waals surface area contributed by atoms with Crippen LogP contribution in [-0.2, 0) is 19.1 Å². The molecule has 2 aromatic rings. The lowest BCUT2D eigenvalue weighted by Gasteiger charge is -2.32. The zero-order valence-corrected chi connectivity index (χ0v) is 25.1. The molecule has 1 atom stereocenters. The first kappa shape index (κ1) is 30.6. The number of carbonyl (C=O) groups excluding carboxylic acids is 2. The van der Waals surface area contributed by atoms with Gasteiger partial charge in [-0.1, -0.05) is 5.16 Å². The Morgan fingerprint density at radius 3 is 2.46 bits per heavy atom. The largest absolute Gasteiger partial charge is 0.466 e. The second kappa shape index (κ2) is 14.5. The number of methoxy groups -OCH3 is 1. The first-order chi connectivity index (χ1) is 19.7. The molecule has 1 aliphatic heterocycles. The minimum atomic E-state index is -0.475. The predicted molar refractivity (Wildman–Crippen MR) is 161 cm³/mol. The fourth-order valence-electron chi connectivity index (χ4n) is 5.53. The summed E-state index contributed by atoms with van der Waals surface area (Å²) in [5.41, 5.74) is 2.83. The van der Waals surface area contributed by atoms with E-state index in [-0.39, 0.29) is 23.8 Å². The quantitative estimate of drug-likeness (QED) is 0.280. The van der Waals surface area contributed by atoms with E-state index < -0.39 is 5.97 Å². The Morgan fingerprint density at radius 1 is 1.07 bits per heavy atom. The van der Waals surface area contributed by atoms with Crippen molar-refractivity contribution in [2.75, 3.05) is 82.8 Å². The molecule has 2 aliphatic rings. The van der Waals surface area contributed by atoms with Crippen molar-refractivity contribution in [2.45, 2.75) is 38.2 Å². The smallest absolute Gasteiger partial charge is 0.330 e. The molecule has 1 aliphatic carbocycles. The van der Waals surface area contributed by atoms with Crippen molar-refractivity contribution < 1.29 is 23.6 Å². The van der Waals surface area contributed by atoms with Gasteiger partial charge >= 0.3 is 5.97 Å². The number of esters is 1. The summed E-state index contributed by atoms with van der Waals surface area (Å²) >= 11 is 0. The van der Waals surface area contributed by atoms with E-state index in [4.69, 9.17) is 9.26 Å². The number of aromatic nitrogens is 1. The normalized spacial score (nSPS) is 21.0. The van der Waals surface area contributed by atoms with Crippen LogP contribution in [0, 0.1) is 11.8 Å². The van der Waals surface area contributed by atoms with Crippen LogP contribution in [0.4, 0.5) is 17.3 Å². The van der Waals surface area contributed by atoms with Gasteiger partial charge in [0.1, 0.15) is 5.69 Å². The SMILES string of the molecule is COC(=O)/C=C/c1cc(N(CC2CCN(c3ccc(N(C)C)cc3)C2)C(=O)C2CCC(OCCN(C)C)CC2)on1. The van der Waals surface area contributed by atoms with Gasteiger partial charge in [-0.25, -0.2) is 4.79 Å². The molecule has 10 nitrogen and oxygen atoms in total. The lowest BCUT2D eigenvalue weighted by atomic mass is 9.86. The number of carbonyl (C=O) groups is 2. The highest BCUT2D eigenvalue weighted by atomic mass is 16.5. The predicted octanol–water partition coefficient (Wildman–Crippen LogP) is 3.92. The van der Waals surface area contributed by atoms with Crippen molar-refractivity contribution >= 4 is 35.2 Å². The van der Waals surface area contributed by atoms with Crippen LogP contribution in [-0.4, -0.2) is 96.1 Å². The molecule has 0 N–H and O–H groups in total. The molecule has 1 aromatic heterocycles. The molecule has 0 radical (unpaired) electrons. The molecule has 0 spiro atoms. The molecule has 1 amide bonds. The van der Waals surface area contributed by atoms with Crippen molar-refractivity contribution in [3.8, 4) is 0 Å². The maximum atomic E-state index is 14.0. The number of hydrogen-bond donors (Lipinski definition) is 0. The topological polar surface area (TPSA) is 91.6 Å². The third-order valence-corrected chi connectivity index (χ3v) is 8.01. The standard InChI is InChI=1S/C31H45N5O5/c1-33(2)18-19-40-28-13-6-24(7-14-28)31(38)36(29-20-25(32-41-29)8-15-30(37)39-5)22-23-16-17-35(21-23)27-11-9-26(10-12-27)34(3)4/h8-12,15,20,23-24,28H,6-7,13-14,16-19,21-22H2,1-5H3/b15-8+. The Balaban J connectivity index is 1.43. The van der Waals surface area contributed by atoms with Crippen LogP contribution in [0.5, 0.6) is 0 Å². The van der Waals surface area contributed by atoms with Gasteiger partial charge in [-0.15, -0.1) is 0 Å². The third-order valence-electron chi connectivity index (χ3n) is 8.01. The van der Waals surface area contributed by atoms with Crippen molar-refractivity contribution in [1.29, 1.82) is 0 Å². The number of likely N-dealkylation sites (N-methyl/N-ethyl adjacent to an activating group) is 1. The average molecular weight is 568 g/mol. The summed E-state index contributed by atoms with van der Waals surface area (Å²) < 4.78 is 16.4. The first-order valence-corrected chi connectivity index (χ1v) is 14.6. The third kappa shape index (κ3) is 8.56. The minimum absolute atomic E-state index is 0.0742. The molecule has 2 heterocycles. The Labute approximate surface area is 243 Å². The lowest BCUT2D eigenvalue weighted by Crippen LogP contribution is -2.42. The molecule has 41 heavy (non-hydrogen) atoms. The Hall–Kier alpha value is -3.37. The molecule has 1 saturated carbocycles. The molecular weight excluding hydrogens is 522 g/mol. The summed E-state index contributed by atoms with van der Waals surface area (Å²) in [5.74, 6) is 0.218. The highest BCUT2D eigenvalue weighted by Gasteiger charge is 2.35. The molecule has 2 fully saturated rings. The Bertz CT molecular complexity index is 1150. The summed E-state index contributed by atoms with van der Waals surface area (Å²) in [6, 6.07) is 10.3.